The fourth-order valence-electron chi connectivity index (χ4n) is 2.36. The third kappa shape index (κ3) is 3.51. The van der Waals surface area contributed by atoms with Crippen molar-refractivity contribution in [2.75, 3.05) is 11.4 Å². The van der Waals surface area contributed by atoms with E-state index in [0.717, 1.165) is 18.9 Å². The minimum absolute atomic E-state index is 0.00229. The molecule has 1 saturated carbocycles. The van der Waals surface area contributed by atoms with E-state index in [1.165, 1.54) is 29.3 Å². The molecule has 0 bridgehead atoms. The van der Waals surface area contributed by atoms with Crippen LogP contribution < -0.4 is 4.90 Å². The van der Waals surface area contributed by atoms with Crippen molar-refractivity contribution in [2.24, 2.45) is 5.92 Å². The summed E-state index contributed by atoms with van der Waals surface area (Å²) in [6.45, 7) is 0.418. The van der Waals surface area contributed by atoms with Crippen LogP contribution in [0.5, 0.6) is 0 Å². The Morgan fingerprint density at radius 2 is 2.12 bits per heavy atom. The molecule has 6 nitrogen and oxygen atoms in total. The number of hydrogen-bond acceptors (Lipinski definition) is 4. The van der Waals surface area contributed by atoms with Crippen LogP contribution in [0, 0.1) is 22.0 Å². The second kappa shape index (κ2) is 6.52. The topological polar surface area (TPSA) is 76.3 Å². The molecule has 1 amide bonds. The number of carbonyl (C=O) groups is 1. The van der Waals surface area contributed by atoms with Crippen LogP contribution in [0.25, 0.3) is 0 Å². The van der Waals surface area contributed by atoms with Crippen molar-refractivity contribution >= 4 is 28.9 Å². The van der Waals surface area contributed by atoms with E-state index in [2.05, 4.69) is 4.98 Å². The lowest BCUT2D eigenvalue weighted by Gasteiger charge is -2.23. The number of hydrogen-bond donors (Lipinski definition) is 0. The van der Waals surface area contributed by atoms with Crippen LogP contribution >= 0.6 is 11.6 Å². The third-order valence-corrected chi connectivity index (χ3v) is 4.11. The molecule has 0 radical (unpaired) electrons. The van der Waals surface area contributed by atoms with Gasteiger partial charge in [0.15, 0.2) is 0 Å². The van der Waals surface area contributed by atoms with Crippen LogP contribution in [0.4, 0.5) is 15.8 Å². The number of nitro groups is 1. The van der Waals surface area contributed by atoms with E-state index < -0.39 is 16.8 Å². The first-order valence-electron chi connectivity index (χ1n) is 7.33. The molecule has 0 N–H and O–H groups in total. The largest absolute Gasteiger partial charge is 0.308 e. The molecule has 2 aromatic rings. The highest BCUT2D eigenvalue weighted by atomic mass is 35.5. The Hall–Kier alpha value is -2.54. The second-order valence-electron chi connectivity index (χ2n) is 5.62. The number of carbonyl (C=O) groups excluding carboxylic acids is 1. The Labute approximate surface area is 142 Å². The van der Waals surface area contributed by atoms with Crippen molar-refractivity contribution in [3.05, 3.63) is 63.2 Å². The van der Waals surface area contributed by atoms with Gasteiger partial charge in [0, 0.05) is 30.4 Å². The van der Waals surface area contributed by atoms with E-state index in [4.69, 9.17) is 11.6 Å². The quantitative estimate of drug-likeness (QED) is 0.467. The number of aromatic nitrogens is 1. The number of pyridine rings is 1. The summed E-state index contributed by atoms with van der Waals surface area (Å²) in [6, 6.07) is 6.66. The number of nitrogens with zero attached hydrogens (tertiary/aromatic N) is 3. The average molecular weight is 350 g/mol. The Bertz CT molecular complexity index is 811. The van der Waals surface area contributed by atoms with Gasteiger partial charge in [-0.1, -0.05) is 11.6 Å². The SMILES string of the molecule is O=C(c1ccnc(F)c1)N(CC1CC1)c1ccc(Cl)c([N+](=O)[O-])c1. The Morgan fingerprint density at radius 1 is 1.38 bits per heavy atom. The molecule has 3 rings (SSSR count). The zero-order chi connectivity index (χ0) is 17.3. The number of amides is 1. The number of rotatable bonds is 5. The van der Waals surface area contributed by atoms with Gasteiger partial charge in [0.05, 0.1) is 10.6 Å². The lowest BCUT2D eigenvalue weighted by atomic mass is 10.2. The fraction of sp³-hybridized carbons (Fsp3) is 0.250. The normalized spacial score (nSPS) is 13.6. The smallest absolute Gasteiger partial charge is 0.289 e. The monoisotopic (exact) mass is 349 g/mol. The van der Waals surface area contributed by atoms with Crippen molar-refractivity contribution in [1.82, 2.24) is 4.98 Å². The first-order chi connectivity index (χ1) is 11.5. The summed E-state index contributed by atoms with van der Waals surface area (Å²) < 4.78 is 13.3. The van der Waals surface area contributed by atoms with Gasteiger partial charge >= 0.3 is 0 Å². The lowest BCUT2D eigenvalue weighted by molar-refractivity contribution is -0.384. The molecule has 24 heavy (non-hydrogen) atoms. The molecule has 0 unspecified atom stereocenters. The zero-order valence-corrected chi connectivity index (χ0v) is 13.2. The van der Waals surface area contributed by atoms with Crippen LogP contribution in [0.1, 0.15) is 23.2 Å². The van der Waals surface area contributed by atoms with Gasteiger partial charge in [-0.15, -0.1) is 0 Å². The lowest BCUT2D eigenvalue weighted by Crippen LogP contribution is -2.33. The van der Waals surface area contributed by atoms with Gasteiger partial charge in [0.2, 0.25) is 5.95 Å². The Balaban J connectivity index is 1.98. The summed E-state index contributed by atoms with van der Waals surface area (Å²) in [6.07, 6.45) is 3.19. The molecule has 8 heteroatoms. The van der Waals surface area contributed by atoms with E-state index in [-0.39, 0.29) is 16.3 Å². The molecule has 1 aromatic carbocycles. The maximum Gasteiger partial charge on any atom is 0.289 e. The van der Waals surface area contributed by atoms with Gasteiger partial charge in [0.25, 0.3) is 11.6 Å². The molecule has 0 spiro atoms. The van der Waals surface area contributed by atoms with Crippen molar-refractivity contribution in [3.8, 4) is 0 Å². The van der Waals surface area contributed by atoms with Gasteiger partial charge in [-0.05, 0) is 37.0 Å². The summed E-state index contributed by atoms with van der Waals surface area (Å²) >= 11 is 5.83. The van der Waals surface area contributed by atoms with Crippen molar-refractivity contribution in [2.45, 2.75) is 12.8 Å². The van der Waals surface area contributed by atoms with Crippen LogP contribution in [0.2, 0.25) is 5.02 Å². The highest BCUT2D eigenvalue weighted by molar-refractivity contribution is 6.32. The zero-order valence-electron chi connectivity index (χ0n) is 12.5. The molecule has 1 aromatic heterocycles. The number of nitro benzene ring substituents is 1. The summed E-state index contributed by atoms with van der Waals surface area (Å²) in [7, 11) is 0. The molecule has 0 saturated heterocycles. The maximum atomic E-state index is 13.3. The number of anilines is 1. The van der Waals surface area contributed by atoms with Crippen molar-refractivity contribution < 1.29 is 14.1 Å². The molecule has 0 aliphatic heterocycles. The van der Waals surface area contributed by atoms with E-state index in [9.17, 15) is 19.3 Å². The van der Waals surface area contributed by atoms with E-state index >= 15 is 0 Å². The highest BCUT2D eigenvalue weighted by Gasteiger charge is 2.29. The number of benzene rings is 1. The van der Waals surface area contributed by atoms with Gasteiger partial charge < -0.3 is 4.90 Å². The molecule has 1 aliphatic carbocycles. The minimum Gasteiger partial charge on any atom is -0.308 e. The van der Waals surface area contributed by atoms with Crippen molar-refractivity contribution in [1.29, 1.82) is 0 Å². The van der Waals surface area contributed by atoms with Gasteiger partial charge in [0.1, 0.15) is 5.02 Å². The molecule has 124 valence electrons. The van der Waals surface area contributed by atoms with Gasteiger partial charge in [-0.3, -0.25) is 14.9 Å². The predicted molar refractivity (Wildman–Crippen MR) is 86.7 cm³/mol. The summed E-state index contributed by atoms with van der Waals surface area (Å²) in [4.78, 5) is 28.1. The van der Waals surface area contributed by atoms with E-state index in [0.29, 0.717) is 18.2 Å². The van der Waals surface area contributed by atoms with Crippen LogP contribution in [0.15, 0.2) is 36.5 Å². The number of halogens is 2. The standard InChI is InChI=1S/C16H13ClFN3O3/c17-13-4-3-12(8-14(13)21(23)24)20(9-10-1-2-10)16(22)11-5-6-19-15(18)7-11/h3-8,10H,1-2,9H2. The van der Waals surface area contributed by atoms with E-state index in [1.807, 2.05) is 0 Å². The van der Waals surface area contributed by atoms with Crippen LogP contribution in [-0.2, 0) is 0 Å². The van der Waals surface area contributed by atoms with E-state index in [1.54, 1.807) is 6.07 Å². The maximum absolute atomic E-state index is 13.3. The fourth-order valence-corrected chi connectivity index (χ4v) is 2.55. The Morgan fingerprint density at radius 3 is 2.75 bits per heavy atom. The molecule has 1 heterocycles. The summed E-state index contributed by atoms with van der Waals surface area (Å²) in [5.74, 6) is -0.843. The Kier molecular flexibility index (Phi) is 4.44. The predicted octanol–water partition coefficient (Wildman–Crippen LogP) is 3.84. The van der Waals surface area contributed by atoms with Gasteiger partial charge in [-0.2, -0.15) is 4.39 Å². The molecule has 0 atom stereocenters. The minimum atomic E-state index is -0.755. The van der Waals surface area contributed by atoms with Crippen LogP contribution in [-0.4, -0.2) is 22.4 Å². The van der Waals surface area contributed by atoms with Gasteiger partial charge in [-0.25, -0.2) is 4.98 Å². The van der Waals surface area contributed by atoms with Crippen LogP contribution in [0.3, 0.4) is 0 Å². The molecular weight excluding hydrogens is 337 g/mol. The first kappa shape index (κ1) is 16.3. The van der Waals surface area contributed by atoms with Crippen molar-refractivity contribution in [3.63, 3.8) is 0 Å². The molecule has 1 fully saturated rings. The summed E-state index contributed by atoms with van der Waals surface area (Å²) in [5.41, 5.74) is 0.227. The highest BCUT2D eigenvalue weighted by Crippen LogP contribution is 2.35. The first-order valence-corrected chi connectivity index (χ1v) is 7.71. The average Bonchev–Trinajstić information content (AvgIpc) is 3.36. The second-order valence-corrected chi connectivity index (χ2v) is 6.03. The summed E-state index contributed by atoms with van der Waals surface area (Å²) in [5, 5.41) is 11.1. The molecular formula is C16H13ClFN3O3. The third-order valence-electron chi connectivity index (χ3n) is 3.79. The molecule has 1 aliphatic rings.